The van der Waals surface area contributed by atoms with Gasteiger partial charge in [-0.05, 0) is 5.92 Å². The van der Waals surface area contributed by atoms with Crippen LogP contribution in [0.15, 0.2) is 18.6 Å². The normalized spacial score (nSPS) is 9.73. The molecular formula is C7H4N4. The van der Waals surface area contributed by atoms with Crippen LogP contribution in [0.5, 0.6) is 0 Å². The molecule has 0 atom stereocenters. The van der Waals surface area contributed by atoms with Crippen molar-refractivity contribution in [2.45, 2.75) is 0 Å². The minimum atomic E-state index is 0.387. The Morgan fingerprint density at radius 3 is 3.18 bits per heavy atom. The number of hydrogen-bond acceptors (Lipinski definition) is 3. The van der Waals surface area contributed by atoms with Gasteiger partial charge in [0.2, 0.25) is 5.82 Å². The summed E-state index contributed by atoms with van der Waals surface area (Å²) in [5.74, 6) is 2.73. The zero-order chi connectivity index (χ0) is 7.68. The average molecular weight is 144 g/mol. The predicted molar refractivity (Wildman–Crippen MR) is 38.7 cm³/mol. The fraction of sp³-hybridized carbons (Fsp3) is 0. The highest BCUT2D eigenvalue weighted by atomic mass is 15.3. The van der Waals surface area contributed by atoms with Crippen LogP contribution in [0.1, 0.15) is 5.82 Å². The smallest absolute Gasteiger partial charge is 0.226 e. The minimum Gasteiger partial charge on any atom is -0.259 e. The molecule has 0 aliphatic carbocycles. The number of hydrogen-bond donors (Lipinski definition) is 0. The van der Waals surface area contributed by atoms with Gasteiger partial charge in [-0.2, -0.15) is 4.98 Å². The Morgan fingerprint density at radius 1 is 1.55 bits per heavy atom. The maximum atomic E-state index is 5.10. The van der Waals surface area contributed by atoms with Crippen molar-refractivity contribution in [2.24, 2.45) is 0 Å². The molecule has 2 rings (SSSR count). The molecule has 11 heavy (non-hydrogen) atoms. The summed E-state index contributed by atoms with van der Waals surface area (Å²) in [6.45, 7) is 0. The maximum absolute atomic E-state index is 5.10. The number of aromatic nitrogens is 4. The molecule has 4 heteroatoms. The summed E-state index contributed by atoms with van der Waals surface area (Å²) in [5, 5.41) is 3.96. The van der Waals surface area contributed by atoms with Crippen LogP contribution < -0.4 is 0 Å². The van der Waals surface area contributed by atoms with Gasteiger partial charge in [0, 0.05) is 12.4 Å². The summed E-state index contributed by atoms with van der Waals surface area (Å²) < 4.78 is 1.59. The third-order valence-electron chi connectivity index (χ3n) is 1.27. The van der Waals surface area contributed by atoms with Crippen molar-refractivity contribution >= 4 is 5.65 Å². The monoisotopic (exact) mass is 144 g/mol. The fourth-order valence-corrected chi connectivity index (χ4v) is 0.806. The number of rotatable bonds is 0. The minimum absolute atomic E-state index is 0.387. The van der Waals surface area contributed by atoms with Crippen LogP contribution in [0.2, 0.25) is 0 Å². The van der Waals surface area contributed by atoms with E-state index in [2.05, 4.69) is 21.0 Å². The van der Waals surface area contributed by atoms with Crippen molar-refractivity contribution in [2.75, 3.05) is 0 Å². The lowest BCUT2D eigenvalue weighted by Gasteiger charge is -1.83. The Balaban J connectivity index is 2.81. The zero-order valence-electron chi connectivity index (χ0n) is 5.60. The summed E-state index contributed by atoms with van der Waals surface area (Å²) in [6.07, 6.45) is 10.0. The summed E-state index contributed by atoms with van der Waals surface area (Å²) in [4.78, 5) is 7.85. The molecule has 0 saturated carbocycles. The maximum Gasteiger partial charge on any atom is 0.226 e. The van der Waals surface area contributed by atoms with Crippen molar-refractivity contribution in [3.63, 3.8) is 0 Å². The van der Waals surface area contributed by atoms with Crippen LogP contribution in [0.4, 0.5) is 0 Å². The molecule has 0 aliphatic heterocycles. The third-order valence-corrected chi connectivity index (χ3v) is 1.27. The van der Waals surface area contributed by atoms with Crippen LogP contribution in [0, 0.1) is 12.3 Å². The lowest BCUT2D eigenvalue weighted by molar-refractivity contribution is 0.938. The topological polar surface area (TPSA) is 43.1 Å². The predicted octanol–water partition coefficient (Wildman–Crippen LogP) is 0.106. The molecule has 0 aliphatic rings. The van der Waals surface area contributed by atoms with E-state index in [4.69, 9.17) is 6.42 Å². The van der Waals surface area contributed by atoms with Crippen molar-refractivity contribution < 1.29 is 0 Å². The van der Waals surface area contributed by atoms with E-state index in [9.17, 15) is 0 Å². The molecule has 0 bridgehead atoms. The van der Waals surface area contributed by atoms with Gasteiger partial charge in [-0.15, -0.1) is 11.5 Å². The van der Waals surface area contributed by atoms with Gasteiger partial charge in [-0.25, -0.2) is 4.52 Å². The van der Waals surface area contributed by atoms with E-state index in [1.54, 1.807) is 23.1 Å². The molecule has 0 unspecified atom stereocenters. The molecule has 0 saturated heterocycles. The van der Waals surface area contributed by atoms with E-state index < -0.39 is 0 Å². The largest absolute Gasteiger partial charge is 0.259 e. The lowest BCUT2D eigenvalue weighted by Crippen LogP contribution is -1.85. The van der Waals surface area contributed by atoms with Gasteiger partial charge in [-0.3, -0.25) is 4.98 Å². The second-order valence-electron chi connectivity index (χ2n) is 1.96. The zero-order valence-corrected chi connectivity index (χ0v) is 5.60. The van der Waals surface area contributed by atoms with Crippen LogP contribution in [0.3, 0.4) is 0 Å². The summed E-state index contributed by atoms with van der Waals surface area (Å²) in [6, 6.07) is 0. The standard InChI is InChI=1S/C7H4N4/c1-2-6-9-7-5-8-3-4-11(7)10-6/h1,3-5H. The summed E-state index contributed by atoms with van der Waals surface area (Å²) >= 11 is 0. The molecule has 0 radical (unpaired) electrons. The third kappa shape index (κ3) is 0.829. The summed E-state index contributed by atoms with van der Waals surface area (Å²) in [7, 11) is 0. The van der Waals surface area contributed by atoms with Gasteiger partial charge >= 0.3 is 0 Å². The van der Waals surface area contributed by atoms with E-state index in [0.29, 0.717) is 11.5 Å². The van der Waals surface area contributed by atoms with Crippen molar-refractivity contribution in [1.82, 2.24) is 19.6 Å². The Morgan fingerprint density at radius 2 is 2.45 bits per heavy atom. The van der Waals surface area contributed by atoms with Gasteiger partial charge in [0.1, 0.15) is 0 Å². The molecule has 2 heterocycles. The van der Waals surface area contributed by atoms with E-state index in [1.807, 2.05) is 0 Å². The van der Waals surface area contributed by atoms with E-state index in [-0.39, 0.29) is 0 Å². The molecule has 4 nitrogen and oxygen atoms in total. The number of fused-ring (bicyclic) bond motifs is 1. The van der Waals surface area contributed by atoms with Crippen LogP contribution >= 0.6 is 0 Å². The average Bonchev–Trinajstić information content (AvgIpc) is 2.46. The second kappa shape index (κ2) is 2.06. The van der Waals surface area contributed by atoms with Crippen molar-refractivity contribution in [3.8, 4) is 12.3 Å². The molecule has 2 aromatic heterocycles. The summed E-state index contributed by atoms with van der Waals surface area (Å²) in [5.41, 5.74) is 0.667. The van der Waals surface area contributed by atoms with Crippen LogP contribution in [0.25, 0.3) is 5.65 Å². The molecule has 52 valence electrons. The van der Waals surface area contributed by atoms with E-state index >= 15 is 0 Å². The second-order valence-corrected chi connectivity index (χ2v) is 1.96. The van der Waals surface area contributed by atoms with Gasteiger partial charge in [-0.1, -0.05) is 0 Å². The van der Waals surface area contributed by atoms with Crippen LogP contribution in [-0.4, -0.2) is 19.6 Å². The van der Waals surface area contributed by atoms with E-state index in [1.165, 1.54) is 0 Å². The van der Waals surface area contributed by atoms with E-state index in [0.717, 1.165) is 0 Å². The number of terminal acetylenes is 1. The molecule has 0 amide bonds. The Bertz CT molecular complexity index is 390. The Kier molecular flexibility index (Phi) is 1.10. The van der Waals surface area contributed by atoms with Crippen LogP contribution in [-0.2, 0) is 0 Å². The molecule has 0 N–H and O–H groups in total. The Labute approximate surface area is 62.9 Å². The lowest BCUT2D eigenvalue weighted by atomic mass is 10.6. The molecule has 2 aromatic rings. The van der Waals surface area contributed by atoms with Gasteiger partial charge in [0.15, 0.2) is 5.65 Å². The molecule has 0 fully saturated rings. The molecule has 0 aromatic carbocycles. The first-order valence-electron chi connectivity index (χ1n) is 3.03. The quantitative estimate of drug-likeness (QED) is 0.493. The first-order valence-corrected chi connectivity index (χ1v) is 3.03. The molecule has 0 spiro atoms. The fourth-order valence-electron chi connectivity index (χ4n) is 0.806. The molecular weight excluding hydrogens is 140 g/mol. The van der Waals surface area contributed by atoms with Gasteiger partial charge < -0.3 is 0 Å². The highest BCUT2D eigenvalue weighted by Crippen LogP contribution is 1.95. The SMILES string of the molecule is C#Cc1nc2cnccn2n1. The van der Waals surface area contributed by atoms with Gasteiger partial charge in [0.25, 0.3) is 0 Å². The Hall–Kier alpha value is -1.89. The van der Waals surface area contributed by atoms with Crippen molar-refractivity contribution in [1.29, 1.82) is 0 Å². The van der Waals surface area contributed by atoms with Crippen molar-refractivity contribution in [3.05, 3.63) is 24.4 Å². The highest BCUT2D eigenvalue weighted by molar-refractivity contribution is 5.36. The number of nitrogens with zero attached hydrogens (tertiary/aromatic N) is 4. The first kappa shape index (κ1) is 5.86. The first-order chi connectivity index (χ1) is 5.40. The van der Waals surface area contributed by atoms with Gasteiger partial charge in [0.05, 0.1) is 6.20 Å². The highest BCUT2D eigenvalue weighted by Gasteiger charge is 1.97.